The van der Waals surface area contributed by atoms with Gasteiger partial charge in [-0.1, -0.05) is 0 Å². The highest BCUT2D eigenvalue weighted by Crippen LogP contribution is 2.25. The number of hydrogen-bond acceptors (Lipinski definition) is 6. The Balaban J connectivity index is 1.66. The first kappa shape index (κ1) is 14.6. The number of carbonyl (C=O) groups is 1. The third-order valence-corrected chi connectivity index (χ3v) is 3.87. The molecule has 3 heterocycles. The lowest BCUT2D eigenvalue weighted by Crippen LogP contribution is -2.37. The van der Waals surface area contributed by atoms with Crippen molar-refractivity contribution in [1.82, 2.24) is 9.97 Å². The zero-order valence-electron chi connectivity index (χ0n) is 12.6. The van der Waals surface area contributed by atoms with Gasteiger partial charge in [-0.25, -0.2) is 9.97 Å². The molecule has 3 rings (SSSR count). The van der Waals surface area contributed by atoms with E-state index in [1.807, 2.05) is 25.1 Å². The fraction of sp³-hybridized carbons (Fsp3) is 0.438. The van der Waals surface area contributed by atoms with Gasteiger partial charge in [0.2, 0.25) is 0 Å². The highest BCUT2D eigenvalue weighted by molar-refractivity contribution is 5.72. The Hall–Kier alpha value is -2.37. The van der Waals surface area contributed by atoms with E-state index in [0.29, 0.717) is 6.61 Å². The average molecular weight is 301 g/mol. The molecule has 0 saturated carbocycles. The Labute approximate surface area is 129 Å². The summed E-state index contributed by atoms with van der Waals surface area (Å²) in [7, 11) is 0. The number of furan rings is 1. The van der Waals surface area contributed by atoms with Crippen LogP contribution in [0.2, 0.25) is 0 Å². The summed E-state index contributed by atoms with van der Waals surface area (Å²) in [5.41, 5.74) is 0.766. The molecule has 0 spiro atoms. The van der Waals surface area contributed by atoms with E-state index in [1.165, 1.54) is 0 Å². The molecule has 6 nitrogen and oxygen atoms in total. The number of carbonyl (C=O) groups excluding carboxylic acids is 1. The number of rotatable bonds is 4. The van der Waals surface area contributed by atoms with Crippen molar-refractivity contribution in [1.29, 1.82) is 0 Å². The summed E-state index contributed by atoms with van der Waals surface area (Å²) in [5.74, 6) is 1.51. The minimum Gasteiger partial charge on any atom is -0.466 e. The molecule has 1 aliphatic heterocycles. The second-order valence-electron chi connectivity index (χ2n) is 5.25. The van der Waals surface area contributed by atoms with Crippen molar-refractivity contribution < 1.29 is 13.9 Å². The number of ether oxygens (including phenoxy) is 1. The van der Waals surface area contributed by atoms with E-state index in [2.05, 4.69) is 14.9 Å². The number of nitrogens with zero attached hydrogens (tertiary/aromatic N) is 3. The predicted octanol–water partition coefficient (Wildman–Crippen LogP) is 2.52. The number of aromatic nitrogens is 2. The Kier molecular flexibility index (Phi) is 4.37. The zero-order chi connectivity index (χ0) is 15.4. The van der Waals surface area contributed by atoms with Gasteiger partial charge >= 0.3 is 5.97 Å². The van der Waals surface area contributed by atoms with Crippen LogP contribution in [-0.2, 0) is 9.53 Å². The lowest BCUT2D eigenvalue weighted by molar-refractivity contribution is -0.148. The lowest BCUT2D eigenvalue weighted by Gasteiger charge is -2.31. The largest absolute Gasteiger partial charge is 0.466 e. The second-order valence-corrected chi connectivity index (χ2v) is 5.25. The first-order valence-corrected chi connectivity index (χ1v) is 7.55. The van der Waals surface area contributed by atoms with Crippen LogP contribution in [0.5, 0.6) is 0 Å². The molecule has 0 aliphatic carbocycles. The van der Waals surface area contributed by atoms with Crippen LogP contribution in [-0.4, -0.2) is 35.6 Å². The summed E-state index contributed by atoms with van der Waals surface area (Å²) in [6.45, 7) is 3.86. The van der Waals surface area contributed by atoms with Gasteiger partial charge in [-0.2, -0.15) is 0 Å². The van der Waals surface area contributed by atoms with Gasteiger partial charge < -0.3 is 14.1 Å². The van der Waals surface area contributed by atoms with Crippen molar-refractivity contribution in [2.75, 3.05) is 24.6 Å². The van der Waals surface area contributed by atoms with E-state index in [9.17, 15) is 4.79 Å². The summed E-state index contributed by atoms with van der Waals surface area (Å²) in [6, 6.07) is 5.63. The molecule has 6 heteroatoms. The maximum atomic E-state index is 11.8. The van der Waals surface area contributed by atoms with E-state index in [0.717, 1.165) is 43.2 Å². The molecule has 0 N–H and O–H groups in total. The normalized spacial score (nSPS) is 15.8. The summed E-state index contributed by atoms with van der Waals surface area (Å²) in [4.78, 5) is 22.5. The van der Waals surface area contributed by atoms with Crippen LogP contribution >= 0.6 is 0 Å². The van der Waals surface area contributed by atoms with Gasteiger partial charge in [-0.05, 0) is 31.9 Å². The Morgan fingerprint density at radius 3 is 2.91 bits per heavy atom. The zero-order valence-corrected chi connectivity index (χ0v) is 12.6. The van der Waals surface area contributed by atoms with Crippen molar-refractivity contribution in [3.63, 3.8) is 0 Å². The Morgan fingerprint density at radius 1 is 1.41 bits per heavy atom. The Morgan fingerprint density at radius 2 is 2.23 bits per heavy atom. The summed E-state index contributed by atoms with van der Waals surface area (Å²) in [6.07, 6.45) is 4.75. The molecular formula is C16H19N3O3. The molecule has 0 aromatic carbocycles. The molecule has 0 radical (unpaired) electrons. The average Bonchev–Trinajstić information content (AvgIpc) is 3.10. The van der Waals surface area contributed by atoms with Gasteiger partial charge in [0.25, 0.3) is 0 Å². The molecule has 0 unspecified atom stereocenters. The van der Waals surface area contributed by atoms with Gasteiger partial charge in [-0.15, -0.1) is 0 Å². The molecule has 0 amide bonds. The molecule has 0 bridgehead atoms. The van der Waals surface area contributed by atoms with Crippen molar-refractivity contribution in [3.8, 4) is 11.5 Å². The van der Waals surface area contributed by atoms with E-state index < -0.39 is 0 Å². The van der Waals surface area contributed by atoms with Crippen molar-refractivity contribution in [3.05, 3.63) is 30.8 Å². The first-order chi connectivity index (χ1) is 10.8. The fourth-order valence-electron chi connectivity index (χ4n) is 2.68. The molecule has 116 valence electrons. The predicted molar refractivity (Wildman–Crippen MR) is 81.3 cm³/mol. The monoisotopic (exact) mass is 301 g/mol. The van der Waals surface area contributed by atoms with Gasteiger partial charge in [0.1, 0.15) is 17.8 Å². The van der Waals surface area contributed by atoms with Gasteiger partial charge in [0.05, 0.1) is 18.8 Å². The molecular weight excluding hydrogens is 282 g/mol. The van der Waals surface area contributed by atoms with Gasteiger partial charge in [-0.3, -0.25) is 4.79 Å². The van der Waals surface area contributed by atoms with Crippen LogP contribution < -0.4 is 4.90 Å². The maximum absolute atomic E-state index is 11.8. The van der Waals surface area contributed by atoms with Crippen molar-refractivity contribution >= 4 is 11.8 Å². The van der Waals surface area contributed by atoms with Crippen LogP contribution in [0.25, 0.3) is 11.5 Å². The smallest absolute Gasteiger partial charge is 0.309 e. The molecule has 0 atom stereocenters. The third-order valence-electron chi connectivity index (χ3n) is 3.87. The second kappa shape index (κ2) is 6.60. The van der Waals surface area contributed by atoms with Crippen LogP contribution in [0.3, 0.4) is 0 Å². The molecule has 1 saturated heterocycles. The van der Waals surface area contributed by atoms with E-state index in [-0.39, 0.29) is 11.9 Å². The number of esters is 1. The van der Waals surface area contributed by atoms with Crippen LogP contribution in [0.4, 0.5) is 5.82 Å². The van der Waals surface area contributed by atoms with Crippen molar-refractivity contribution in [2.45, 2.75) is 19.8 Å². The number of anilines is 1. The SMILES string of the molecule is CCOC(=O)C1CCN(c2cc(-c3ccco3)ncn2)CC1. The van der Waals surface area contributed by atoms with E-state index >= 15 is 0 Å². The van der Waals surface area contributed by atoms with E-state index in [4.69, 9.17) is 9.15 Å². The molecule has 2 aromatic rings. The maximum Gasteiger partial charge on any atom is 0.309 e. The summed E-state index contributed by atoms with van der Waals surface area (Å²) >= 11 is 0. The standard InChI is InChI=1S/C16H19N3O3/c1-2-21-16(20)12-5-7-19(8-6-12)15-10-13(17-11-18-15)14-4-3-9-22-14/h3-4,9-12H,2,5-8H2,1H3. The van der Waals surface area contributed by atoms with Gasteiger partial charge in [0, 0.05) is 19.2 Å². The van der Waals surface area contributed by atoms with Gasteiger partial charge in [0.15, 0.2) is 5.76 Å². The summed E-state index contributed by atoms with van der Waals surface area (Å²) < 4.78 is 10.5. The lowest BCUT2D eigenvalue weighted by atomic mass is 9.97. The quantitative estimate of drug-likeness (QED) is 0.808. The molecule has 2 aromatic heterocycles. The minimum absolute atomic E-state index is 0.00239. The number of piperidine rings is 1. The van der Waals surface area contributed by atoms with Crippen LogP contribution in [0, 0.1) is 5.92 Å². The highest BCUT2D eigenvalue weighted by atomic mass is 16.5. The highest BCUT2D eigenvalue weighted by Gasteiger charge is 2.26. The molecule has 22 heavy (non-hydrogen) atoms. The Bertz CT molecular complexity index is 619. The number of hydrogen-bond donors (Lipinski definition) is 0. The fourth-order valence-corrected chi connectivity index (χ4v) is 2.68. The first-order valence-electron chi connectivity index (χ1n) is 7.55. The van der Waals surface area contributed by atoms with E-state index in [1.54, 1.807) is 12.6 Å². The van der Waals surface area contributed by atoms with Crippen LogP contribution in [0.15, 0.2) is 35.2 Å². The molecule has 1 aliphatic rings. The minimum atomic E-state index is -0.0823. The third kappa shape index (κ3) is 3.10. The molecule has 1 fully saturated rings. The van der Waals surface area contributed by atoms with Crippen LogP contribution in [0.1, 0.15) is 19.8 Å². The van der Waals surface area contributed by atoms with Crippen molar-refractivity contribution in [2.24, 2.45) is 5.92 Å². The topological polar surface area (TPSA) is 68.5 Å². The summed E-state index contributed by atoms with van der Waals surface area (Å²) in [5, 5.41) is 0.